The van der Waals surface area contributed by atoms with Crippen molar-refractivity contribution < 1.29 is 9.18 Å². The average molecular weight is 358 g/mol. The number of hydrogen-bond acceptors (Lipinski definition) is 4. The van der Waals surface area contributed by atoms with Gasteiger partial charge in [-0.05, 0) is 39.0 Å². The van der Waals surface area contributed by atoms with Crippen molar-refractivity contribution in [2.75, 3.05) is 13.1 Å². The van der Waals surface area contributed by atoms with Crippen molar-refractivity contribution in [1.29, 1.82) is 0 Å². The molecule has 1 atom stereocenters. The van der Waals surface area contributed by atoms with Crippen LogP contribution in [0.25, 0.3) is 11.0 Å². The lowest BCUT2D eigenvalue weighted by atomic mass is 10.0. The van der Waals surface area contributed by atoms with Crippen LogP contribution >= 0.6 is 0 Å². The minimum absolute atomic E-state index is 0.151. The maximum atomic E-state index is 13.3. The number of likely N-dealkylation sites (N-methyl/N-ethyl adjacent to an activating group) is 1. The molecule has 7 nitrogen and oxygen atoms in total. The number of halogens is 1. The molecule has 2 aromatic heterocycles. The Morgan fingerprint density at radius 1 is 1.38 bits per heavy atom. The third kappa shape index (κ3) is 3.45. The lowest BCUT2D eigenvalue weighted by molar-refractivity contribution is -0.132. The van der Waals surface area contributed by atoms with E-state index in [0.29, 0.717) is 36.4 Å². The fraction of sp³-hybridized carbons (Fsp3) is 0.389. The number of carbonyl (C=O) groups excluding carboxylic acids is 1. The molecule has 4 N–H and O–H groups in total. The lowest BCUT2D eigenvalue weighted by Gasteiger charge is -2.24. The zero-order valence-electron chi connectivity index (χ0n) is 15.1. The molecule has 1 amide bonds. The molecule has 0 aliphatic carbocycles. The summed E-state index contributed by atoms with van der Waals surface area (Å²) in [7, 11) is 0. The third-order valence-electron chi connectivity index (χ3n) is 4.57. The number of amides is 1. The van der Waals surface area contributed by atoms with E-state index in [9.17, 15) is 9.18 Å². The number of nitrogens with two attached hydrogens (primary N) is 1. The summed E-state index contributed by atoms with van der Waals surface area (Å²) >= 11 is 0. The molecule has 3 aromatic rings. The number of fused-ring (bicyclic) bond motifs is 1. The highest BCUT2D eigenvalue weighted by Gasteiger charge is 2.25. The summed E-state index contributed by atoms with van der Waals surface area (Å²) < 4.78 is 13.3. The standard InChI is InChI=1S/C18H23FN6O/c1-4-25(18(26)17(20)16-10(2)23-24-11(16)3)8-7-15-21-13-6-5-12(19)9-14(13)22-15/h5-6,9,17H,4,7-8,20H2,1-3H3,(H,21,22)(H,23,24)/t17-/m0/s1. The van der Waals surface area contributed by atoms with Gasteiger partial charge in [0.05, 0.1) is 16.7 Å². The van der Waals surface area contributed by atoms with Gasteiger partial charge >= 0.3 is 0 Å². The van der Waals surface area contributed by atoms with Crippen LogP contribution < -0.4 is 5.73 Å². The minimum Gasteiger partial charge on any atom is -0.342 e. The van der Waals surface area contributed by atoms with Crippen LogP contribution in [-0.4, -0.2) is 44.1 Å². The summed E-state index contributed by atoms with van der Waals surface area (Å²) in [6.45, 7) is 6.61. The Hall–Kier alpha value is -2.74. The third-order valence-corrected chi connectivity index (χ3v) is 4.57. The van der Waals surface area contributed by atoms with Gasteiger partial charge in [0.2, 0.25) is 5.91 Å². The summed E-state index contributed by atoms with van der Waals surface area (Å²) in [6.07, 6.45) is 0.534. The second-order valence-electron chi connectivity index (χ2n) is 6.34. The van der Waals surface area contributed by atoms with Gasteiger partial charge in [0.25, 0.3) is 0 Å². The van der Waals surface area contributed by atoms with Crippen molar-refractivity contribution in [2.24, 2.45) is 5.73 Å². The van der Waals surface area contributed by atoms with Crippen molar-refractivity contribution in [3.05, 3.63) is 46.8 Å². The molecule has 0 aliphatic rings. The first-order chi connectivity index (χ1) is 12.4. The highest BCUT2D eigenvalue weighted by Crippen LogP contribution is 2.20. The highest BCUT2D eigenvalue weighted by molar-refractivity contribution is 5.83. The number of aromatic amines is 2. The first-order valence-corrected chi connectivity index (χ1v) is 8.60. The molecule has 2 heterocycles. The van der Waals surface area contributed by atoms with E-state index in [1.807, 2.05) is 20.8 Å². The number of nitrogens with one attached hydrogen (secondary N) is 2. The SMILES string of the molecule is CCN(CCc1nc2ccc(F)cc2[nH]1)C(=O)[C@@H](N)c1c(C)n[nH]c1C. The Morgan fingerprint density at radius 2 is 2.15 bits per heavy atom. The van der Waals surface area contributed by atoms with Gasteiger partial charge in [-0.15, -0.1) is 0 Å². The van der Waals surface area contributed by atoms with Crippen LogP contribution in [0.5, 0.6) is 0 Å². The summed E-state index contributed by atoms with van der Waals surface area (Å²) in [5.41, 5.74) is 9.83. The van der Waals surface area contributed by atoms with Crippen LogP contribution in [-0.2, 0) is 11.2 Å². The first kappa shape index (κ1) is 18.1. The predicted octanol–water partition coefficient (Wildman–Crippen LogP) is 2.13. The van der Waals surface area contributed by atoms with Gasteiger partial charge in [0.1, 0.15) is 17.7 Å². The molecule has 0 spiro atoms. The van der Waals surface area contributed by atoms with Gasteiger partial charge in [0.15, 0.2) is 0 Å². The van der Waals surface area contributed by atoms with E-state index >= 15 is 0 Å². The molecule has 138 valence electrons. The topological polar surface area (TPSA) is 104 Å². The maximum absolute atomic E-state index is 13.3. The van der Waals surface area contributed by atoms with Crippen molar-refractivity contribution in [1.82, 2.24) is 25.1 Å². The van der Waals surface area contributed by atoms with Crippen molar-refractivity contribution in [3.8, 4) is 0 Å². The molecular formula is C18H23FN6O. The number of imidazole rings is 1. The van der Waals surface area contributed by atoms with Crippen molar-refractivity contribution >= 4 is 16.9 Å². The number of aromatic nitrogens is 4. The van der Waals surface area contributed by atoms with Gasteiger partial charge < -0.3 is 15.6 Å². The second kappa shape index (κ2) is 7.25. The molecule has 0 bridgehead atoms. The van der Waals surface area contributed by atoms with E-state index in [-0.39, 0.29) is 11.7 Å². The summed E-state index contributed by atoms with van der Waals surface area (Å²) in [4.78, 5) is 22.0. The number of nitrogens with zero attached hydrogens (tertiary/aromatic N) is 3. The largest absolute Gasteiger partial charge is 0.342 e. The Morgan fingerprint density at radius 3 is 2.81 bits per heavy atom. The molecule has 0 fully saturated rings. The molecule has 0 saturated heterocycles. The summed E-state index contributed by atoms with van der Waals surface area (Å²) in [5.74, 6) is 0.248. The fourth-order valence-electron chi connectivity index (χ4n) is 3.16. The molecule has 0 saturated carbocycles. The van der Waals surface area contributed by atoms with Gasteiger partial charge in [-0.2, -0.15) is 5.10 Å². The van der Waals surface area contributed by atoms with E-state index < -0.39 is 6.04 Å². The molecule has 8 heteroatoms. The Bertz CT molecular complexity index is 912. The van der Waals surface area contributed by atoms with Crippen molar-refractivity contribution in [3.63, 3.8) is 0 Å². The Labute approximate surface area is 150 Å². The normalized spacial score (nSPS) is 12.5. The highest BCUT2D eigenvalue weighted by atomic mass is 19.1. The molecule has 0 aliphatic heterocycles. The van der Waals surface area contributed by atoms with E-state index in [1.165, 1.54) is 12.1 Å². The average Bonchev–Trinajstić information content (AvgIpc) is 3.16. The monoisotopic (exact) mass is 358 g/mol. The van der Waals surface area contributed by atoms with Crippen LogP contribution in [0, 0.1) is 19.7 Å². The van der Waals surface area contributed by atoms with E-state index in [4.69, 9.17) is 5.73 Å². The van der Waals surface area contributed by atoms with E-state index in [2.05, 4.69) is 20.2 Å². The van der Waals surface area contributed by atoms with Gasteiger partial charge in [-0.25, -0.2) is 9.37 Å². The van der Waals surface area contributed by atoms with Crippen LogP contribution in [0.4, 0.5) is 4.39 Å². The van der Waals surface area contributed by atoms with Gasteiger partial charge in [-0.3, -0.25) is 9.89 Å². The van der Waals surface area contributed by atoms with E-state index in [1.54, 1.807) is 11.0 Å². The molecule has 1 aromatic carbocycles. The van der Waals surface area contributed by atoms with Gasteiger partial charge in [0, 0.05) is 30.8 Å². The molecule has 3 rings (SSSR count). The van der Waals surface area contributed by atoms with Crippen LogP contribution in [0.1, 0.15) is 35.7 Å². The number of rotatable bonds is 6. The number of hydrogen-bond donors (Lipinski definition) is 3. The second-order valence-corrected chi connectivity index (χ2v) is 6.34. The minimum atomic E-state index is -0.751. The van der Waals surface area contributed by atoms with Crippen LogP contribution in [0.3, 0.4) is 0 Å². The lowest BCUT2D eigenvalue weighted by Crippen LogP contribution is -2.40. The van der Waals surface area contributed by atoms with E-state index in [0.717, 1.165) is 17.0 Å². The zero-order chi connectivity index (χ0) is 18.8. The Kier molecular flexibility index (Phi) is 5.03. The summed E-state index contributed by atoms with van der Waals surface area (Å²) in [5, 5.41) is 6.97. The molecular weight excluding hydrogens is 335 g/mol. The first-order valence-electron chi connectivity index (χ1n) is 8.60. The predicted molar refractivity (Wildman–Crippen MR) is 97.0 cm³/mol. The van der Waals surface area contributed by atoms with Gasteiger partial charge in [-0.1, -0.05) is 0 Å². The molecule has 0 unspecified atom stereocenters. The summed E-state index contributed by atoms with van der Waals surface area (Å²) in [6, 6.07) is 3.67. The van der Waals surface area contributed by atoms with Crippen LogP contribution in [0.2, 0.25) is 0 Å². The number of benzene rings is 1. The number of aryl methyl sites for hydroxylation is 2. The Balaban J connectivity index is 1.71. The fourth-order valence-corrected chi connectivity index (χ4v) is 3.16. The molecule has 26 heavy (non-hydrogen) atoms. The smallest absolute Gasteiger partial charge is 0.244 e. The number of carbonyl (C=O) groups is 1. The zero-order valence-corrected chi connectivity index (χ0v) is 15.1. The van der Waals surface area contributed by atoms with Crippen LogP contribution in [0.15, 0.2) is 18.2 Å². The number of H-pyrrole nitrogens is 2. The molecule has 0 radical (unpaired) electrons. The quantitative estimate of drug-likeness (QED) is 0.628. The maximum Gasteiger partial charge on any atom is 0.244 e. The van der Waals surface area contributed by atoms with Crippen molar-refractivity contribution in [2.45, 2.75) is 33.2 Å².